The van der Waals surface area contributed by atoms with E-state index in [1.54, 1.807) is 54.6 Å². The number of carbonyl (C=O) groups is 3. The van der Waals surface area contributed by atoms with Gasteiger partial charge in [0.05, 0.1) is 4.88 Å². The van der Waals surface area contributed by atoms with Crippen molar-refractivity contribution in [2.75, 3.05) is 25.1 Å². The van der Waals surface area contributed by atoms with Gasteiger partial charge in [0.2, 0.25) is 0 Å². The van der Waals surface area contributed by atoms with Crippen LogP contribution in [0.15, 0.2) is 66.0 Å². The fourth-order valence-corrected chi connectivity index (χ4v) is 3.66. The molecule has 0 saturated heterocycles. The van der Waals surface area contributed by atoms with Crippen molar-refractivity contribution in [3.8, 4) is 0 Å². The lowest BCUT2D eigenvalue weighted by atomic mass is 10.1. The molecule has 0 fully saturated rings. The van der Waals surface area contributed by atoms with E-state index in [4.69, 9.17) is 4.74 Å². The summed E-state index contributed by atoms with van der Waals surface area (Å²) in [7, 11) is 0. The number of nitrogens with one attached hydrogen (secondary N) is 3. The normalized spacial score (nSPS) is 10.5. The standard InChI is InChI=1S/C25H27N3O4S/c1-2-32-14-5-13-26-23(29)20-6-3-7-21(16-20)28-24(30)19-11-9-18(10-12-19)17-27-25(31)22-8-4-15-33-22/h3-4,6-12,15-16H,2,5,13-14,17H2,1H3,(H,26,29)(H,27,31)(H,28,30). The van der Waals surface area contributed by atoms with Gasteiger partial charge < -0.3 is 20.7 Å². The van der Waals surface area contributed by atoms with Crippen molar-refractivity contribution in [1.82, 2.24) is 10.6 Å². The highest BCUT2D eigenvalue weighted by atomic mass is 32.1. The Hall–Kier alpha value is -3.49. The summed E-state index contributed by atoms with van der Waals surface area (Å²) in [6.45, 7) is 4.09. The van der Waals surface area contributed by atoms with Crippen molar-refractivity contribution in [3.05, 3.63) is 87.6 Å². The van der Waals surface area contributed by atoms with Gasteiger partial charge in [-0.1, -0.05) is 24.3 Å². The van der Waals surface area contributed by atoms with Crippen molar-refractivity contribution in [2.24, 2.45) is 0 Å². The number of amides is 3. The first-order valence-corrected chi connectivity index (χ1v) is 11.6. The maximum atomic E-state index is 12.6. The van der Waals surface area contributed by atoms with E-state index >= 15 is 0 Å². The van der Waals surface area contributed by atoms with Crippen LogP contribution in [0.25, 0.3) is 0 Å². The molecule has 0 aliphatic heterocycles. The molecule has 1 aromatic heterocycles. The van der Waals surface area contributed by atoms with E-state index in [-0.39, 0.29) is 17.7 Å². The summed E-state index contributed by atoms with van der Waals surface area (Å²) in [5.74, 6) is -0.597. The molecule has 3 amide bonds. The summed E-state index contributed by atoms with van der Waals surface area (Å²) in [4.78, 5) is 37.6. The summed E-state index contributed by atoms with van der Waals surface area (Å²) in [5.41, 5.74) is 2.38. The Balaban J connectivity index is 1.50. The number of anilines is 1. The zero-order valence-electron chi connectivity index (χ0n) is 18.4. The molecule has 0 aliphatic rings. The number of hydrogen-bond donors (Lipinski definition) is 3. The number of rotatable bonds is 11. The molecule has 0 atom stereocenters. The number of thiophene rings is 1. The molecule has 1 heterocycles. The van der Waals surface area contributed by atoms with E-state index in [1.165, 1.54) is 11.3 Å². The van der Waals surface area contributed by atoms with Crippen molar-refractivity contribution in [1.29, 1.82) is 0 Å². The lowest BCUT2D eigenvalue weighted by Crippen LogP contribution is -2.25. The van der Waals surface area contributed by atoms with Crippen LogP contribution < -0.4 is 16.0 Å². The third-order valence-corrected chi connectivity index (χ3v) is 5.62. The molecule has 0 radical (unpaired) electrons. The molecule has 0 bridgehead atoms. The average Bonchev–Trinajstić information content (AvgIpc) is 3.38. The van der Waals surface area contributed by atoms with Gasteiger partial charge >= 0.3 is 0 Å². The quantitative estimate of drug-likeness (QED) is 0.372. The summed E-state index contributed by atoms with van der Waals surface area (Å²) in [6, 6.07) is 17.4. The highest BCUT2D eigenvalue weighted by Crippen LogP contribution is 2.14. The van der Waals surface area contributed by atoms with Gasteiger partial charge in [-0.2, -0.15) is 0 Å². The second-order valence-corrected chi connectivity index (χ2v) is 8.15. The minimum atomic E-state index is -0.279. The zero-order valence-corrected chi connectivity index (χ0v) is 19.2. The van der Waals surface area contributed by atoms with Gasteiger partial charge in [0.1, 0.15) is 0 Å². The molecule has 0 aliphatic carbocycles. The Morgan fingerprint density at radius 1 is 0.879 bits per heavy atom. The summed E-state index contributed by atoms with van der Waals surface area (Å²) in [6.07, 6.45) is 0.740. The van der Waals surface area contributed by atoms with Crippen molar-refractivity contribution in [3.63, 3.8) is 0 Å². The first-order valence-electron chi connectivity index (χ1n) is 10.7. The van der Waals surface area contributed by atoms with Crippen LogP contribution in [0, 0.1) is 0 Å². The van der Waals surface area contributed by atoms with E-state index < -0.39 is 0 Å². The molecule has 8 heteroatoms. The Bertz CT molecular complexity index is 1070. The fraction of sp³-hybridized carbons (Fsp3) is 0.240. The molecular weight excluding hydrogens is 438 g/mol. The van der Waals surface area contributed by atoms with Crippen LogP contribution >= 0.6 is 11.3 Å². The fourth-order valence-electron chi connectivity index (χ4n) is 3.02. The van der Waals surface area contributed by atoms with E-state index in [2.05, 4.69) is 16.0 Å². The number of carbonyl (C=O) groups excluding carboxylic acids is 3. The van der Waals surface area contributed by atoms with Crippen LogP contribution in [0.5, 0.6) is 0 Å². The monoisotopic (exact) mass is 465 g/mol. The second kappa shape index (κ2) is 12.5. The topological polar surface area (TPSA) is 96.5 Å². The average molecular weight is 466 g/mol. The van der Waals surface area contributed by atoms with Gasteiger partial charge in [-0.25, -0.2) is 0 Å². The molecular formula is C25H27N3O4S. The summed E-state index contributed by atoms with van der Waals surface area (Å²) < 4.78 is 5.26. The van der Waals surface area contributed by atoms with Crippen LogP contribution in [-0.2, 0) is 11.3 Å². The third-order valence-electron chi connectivity index (χ3n) is 4.75. The Morgan fingerprint density at radius 3 is 2.42 bits per heavy atom. The molecule has 2 aromatic carbocycles. The minimum Gasteiger partial charge on any atom is -0.382 e. The zero-order chi connectivity index (χ0) is 23.5. The highest BCUT2D eigenvalue weighted by molar-refractivity contribution is 7.12. The second-order valence-electron chi connectivity index (χ2n) is 7.20. The van der Waals surface area contributed by atoms with Crippen molar-refractivity contribution in [2.45, 2.75) is 19.9 Å². The highest BCUT2D eigenvalue weighted by Gasteiger charge is 2.10. The first kappa shape index (κ1) is 24.2. The summed E-state index contributed by atoms with van der Waals surface area (Å²) >= 11 is 1.39. The van der Waals surface area contributed by atoms with Crippen molar-refractivity contribution >= 4 is 34.7 Å². The summed E-state index contributed by atoms with van der Waals surface area (Å²) in [5, 5.41) is 10.4. The molecule has 3 N–H and O–H groups in total. The van der Waals surface area contributed by atoms with Crippen molar-refractivity contribution < 1.29 is 19.1 Å². The van der Waals surface area contributed by atoms with Gasteiger partial charge in [-0.3, -0.25) is 14.4 Å². The van der Waals surface area contributed by atoms with E-state index in [1.807, 2.05) is 18.4 Å². The molecule has 3 aromatic rings. The predicted molar refractivity (Wildman–Crippen MR) is 130 cm³/mol. The molecule has 172 valence electrons. The SMILES string of the molecule is CCOCCCNC(=O)c1cccc(NC(=O)c2ccc(CNC(=O)c3cccs3)cc2)c1. The van der Waals surface area contributed by atoms with Gasteiger partial charge in [-0.15, -0.1) is 11.3 Å². The number of hydrogen-bond acceptors (Lipinski definition) is 5. The van der Waals surface area contributed by atoms with Crippen LogP contribution in [0.3, 0.4) is 0 Å². The third kappa shape index (κ3) is 7.55. The van der Waals surface area contributed by atoms with Crippen LogP contribution in [0.1, 0.15) is 49.3 Å². The minimum absolute atomic E-state index is 0.120. The van der Waals surface area contributed by atoms with Gasteiger partial charge in [0.15, 0.2) is 0 Å². The smallest absolute Gasteiger partial charge is 0.261 e. The van der Waals surface area contributed by atoms with Crippen LogP contribution in [0.4, 0.5) is 5.69 Å². The molecule has 0 spiro atoms. The molecule has 33 heavy (non-hydrogen) atoms. The lowest BCUT2D eigenvalue weighted by molar-refractivity contribution is 0.0939. The Morgan fingerprint density at radius 2 is 1.70 bits per heavy atom. The van der Waals surface area contributed by atoms with Gasteiger partial charge in [0, 0.05) is 43.1 Å². The van der Waals surface area contributed by atoms with Gasteiger partial charge in [-0.05, 0) is 60.7 Å². The van der Waals surface area contributed by atoms with E-state index in [0.717, 1.165) is 12.0 Å². The maximum absolute atomic E-state index is 12.6. The first-order chi connectivity index (χ1) is 16.1. The van der Waals surface area contributed by atoms with Crippen LogP contribution in [-0.4, -0.2) is 37.5 Å². The van der Waals surface area contributed by atoms with E-state index in [0.29, 0.717) is 48.0 Å². The van der Waals surface area contributed by atoms with Crippen LogP contribution in [0.2, 0.25) is 0 Å². The maximum Gasteiger partial charge on any atom is 0.261 e. The number of ether oxygens (including phenoxy) is 1. The predicted octanol–water partition coefficient (Wildman–Crippen LogP) is 4.09. The van der Waals surface area contributed by atoms with E-state index in [9.17, 15) is 14.4 Å². The molecule has 0 saturated carbocycles. The van der Waals surface area contributed by atoms with Gasteiger partial charge in [0.25, 0.3) is 17.7 Å². The Labute approximate surface area is 197 Å². The molecule has 0 unspecified atom stereocenters. The lowest BCUT2D eigenvalue weighted by Gasteiger charge is -2.09. The molecule has 7 nitrogen and oxygen atoms in total. The molecule has 3 rings (SSSR count). The Kier molecular flexibility index (Phi) is 9.17. The number of benzene rings is 2. The largest absolute Gasteiger partial charge is 0.382 e.